The first-order valence-electron chi connectivity index (χ1n) is 9.52. The van der Waals surface area contributed by atoms with Gasteiger partial charge in [-0.05, 0) is 64.4 Å². The van der Waals surface area contributed by atoms with Gasteiger partial charge in [-0.2, -0.15) is 0 Å². The highest BCUT2D eigenvalue weighted by molar-refractivity contribution is 14.0. The van der Waals surface area contributed by atoms with E-state index in [-0.39, 0.29) is 30.0 Å². The average molecular weight is 490 g/mol. The van der Waals surface area contributed by atoms with Gasteiger partial charge in [-0.1, -0.05) is 0 Å². The van der Waals surface area contributed by atoms with Crippen LogP contribution in [0.3, 0.4) is 0 Å². The summed E-state index contributed by atoms with van der Waals surface area (Å²) in [6.45, 7) is 8.20. The summed E-state index contributed by atoms with van der Waals surface area (Å²) in [7, 11) is 5.56. The molecule has 1 fully saturated rings. The number of likely N-dealkylation sites (tertiary alicyclic amines) is 1. The maximum absolute atomic E-state index is 5.51. The van der Waals surface area contributed by atoms with Crippen LogP contribution < -0.4 is 20.1 Å². The summed E-state index contributed by atoms with van der Waals surface area (Å²) < 4.78 is 10.9. The molecular formula is C20H35IN4O2. The van der Waals surface area contributed by atoms with Crippen molar-refractivity contribution in [3.05, 3.63) is 23.8 Å². The molecule has 1 aromatic rings. The molecule has 2 atom stereocenters. The Labute approximate surface area is 181 Å². The Morgan fingerprint density at radius 3 is 2.74 bits per heavy atom. The van der Waals surface area contributed by atoms with E-state index in [2.05, 4.69) is 36.4 Å². The standard InChI is InChI=1S/C20H34N4O2.HI/c1-6-21-20(22-13-16-8-7-11-24(3)14-16)23-15(2)18-12-17(25-4)9-10-19(18)26-5;/h9-10,12,15-16H,6-8,11,13-14H2,1-5H3,(H2,21,22,23);1H. The normalized spacial score (nSPS) is 19.0. The summed E-state index contributed by atoms with van der Waals surface area (Å²) in [6.07, 6.45) is 2.52. The number of ether oxygens (including phenoxy) is 2. The monoisotopic (exact) mass is 490 g/mol. The maximum atomic E-state index is 5.51. The molecule has 0 spiro atoms. The van der Waals surface area contributed by atoms with Crippen LogP contribution in [0.25, 0.3) is 0 Å². The third-order valence-corrected chi connectivity index (χ3v) is 4.83. The molecule has 2 unspecified atom stereocenters. The highest BCUT2D eigenvalue weighted by atomic mass is 127. The molecule has 0 amide bonds. The van der Waals surface area contributed by atoms with E-state index in [9.17, 15) is 0 Å². The fourth-order valence-electron chi connectivity index (χ4n) is 3.42. The fraction of sp³-hybridized carbons (Fsp3) is 0.650. The van der Waals surface area contributed by atoms with Crippen molar-refractivity contribution in [2.24, 2.45) is 10.9 Å². The second-order valence-corrected chi connectivity index (χ2v) is 6.96. The van der Waals surface area contributed by atoms with Crippen molar-refractivity contribution in [3.63, 3.8) is 0 Å². The van der Waals surface area contributed by atoms with Crippen molar-refractivity contribution in [3.8, 4) is 11.5 Å². The Kier molecular flexibility index (Phi) is 10.8. The lowest BCUT2D eigenvalue weighted by atomic mass is 9.99. The highest BCUT2D eigenvalue weighted by Gasteiger charge is 2.18. The number of aliphatic imine (C=N–C) groups is 1. The fourth-order valence-corrected chi connectivity index (χ4v) is 3.42. The Morgan fingerprint density at radius 1 is 1.33 bits per heavy atom. The zero-order chi connectivity index (χ0) is 18.9. The molecule has 0 radical (unpaired) electrons. The molecular weight excluding hydrogens is 455 g/mol. The topological polar surface area (TPSA) is 58.1 Å². The number of halogens is 1. The minimum Gasteiger partial charge on any atom is -0.497 e. The van der Waals surface area contributed by atoms with E-state index in [0.29, 0.717) is 5.92 Å². The molecule has 1 saturated heterocycles. The summed E-state index contributed by atoms with van der Waals surface area (Å²) in [6, 6.07) is 5.91. The van der Waals surface area contributed by atoms with Crippen molar-refractivity contribution in [1.82, 2.24) is 15.5 Å². The van der Waals surface area contributed by atoms with Gasteiger partial charge in [0.05, 0.1) is 20.3 Å². The number of benzene rings is 1. The van der Waals surface area contributed by atoms with Gasteiger partial charge < -0.3 is 25.0 Å². The minimum absolute atomic E-state index is 0. The summed E-state index contributed by atoms with van der Waals surface area (Å²) in [5, 5.41) is 6.85. The quantitative estimate of drug-likeness (QED) is 0.349. The van der Waals surface area contributed by atoms with Gasteiger partial charge in [0.25, 0.3) is 0 Å². The zero-order valence-electron chi connectivity index (χ0n) is 17.2. The molecule has 7 heteroatoms. The van der Waals surface area contributed by atoms with Crippen LogP contribution in [0.1, 0.15) is 38.3 Å². The molecule has 2 rings (SSSR count). The van der Waals surface area contributed by atoms with Gasteiger partial charge in [0.1, 0.15) is 11.5 Å². The van der Waals surface area contributed by atoms with Gasteiger partial charge in [0.2, 0.25) is 0 Å². The van der Waals surface area contributed by atoms with Crippen LogP contribution >= 0.6 is 24.0 Å². The van der Waals surface area contributed by atoms with Crippen molar-refractivity contribution in [1.29, 1.82) is 0 Å². The van der Waals surface area contributed by atoms with Crippen molar-refractivity contribution < 1.29 is 9.47 Å². The molecule has 0 aromatic heterocycles. The summed E-state index contributed by atoms with van der Waals surface area (Å²) >= 11 is 0. The molecule has 0 bridgehead atoms. The van der Waals surface area contributed by atoms with Gasteiger partial charge in [-0.3, -0.25) is 4.99 Å². The van der Waals surface area contributed by atoms with Crippen LogP contribution in [0, 0.1) is 5.92 Å². The Bertz CT molecular complexity index is 597. The third kappa shape index (κ3) is 7.37. The third-order valence-electron chi connectivity index (χ3n) is 4.83. The Morgan fingerprint density at radius 2 is 2.11 bits per heavy atom. The van der Waals surface area contributed by atoms with Crippen LogP contribution in [0.4, 0.5) is 0 Å². The average Bonchev–Trinajstić information content (AvgIpc) is 2.65. The van der Waals surface area contributed by atoms with Crippen molar-refractivity contribution >= 4 is 29.9 Å². The Hall–Kier alpha value is -1.22. The van der Waals surface area contributed by atoms with E-state index in [1.54, 1.807) is 14.2 Å². The highest BCUT2D eigenvalue weighted by Crippen LogP contribution is 2.29. The van der Waals surface area contributed by atoms with E-state index in [1.165, 1.54) is 19.4 Å². The van der Waals surface area contributed by atoms with Gasteiger partial charge in [0.15, 0.2) is 5.96 Å². The molecule has 1 aromatic carbocycles. The lowest BCUT2D eigenvalue weighted by Crippen LogP contribution is -2.40. The van der Waals surface area contributed by atoms with E-state index < -0.39 is 0 Å². The smallest absolute Gasteiger partial charge is 0.191 e. The number of methoxy groups -OCH3 is 2. The number of nitrogens with zero attached hydrogens (tertiary/aromatic N) is 2. The Balaban J connectivity index is 0.00000364. The molecule has 1 aliphatic rings. The number of piperidine rings is 1. The summed E-state index contributed by atoms with van der Waals surface area (Å²) in [5.74, 6) is 3.14. The van der Waals surface area contributed by atoms with E-state index >= 15 is 0 Å². The molecule has 1 heterocycles. The number of rotatable bonds is 7. The first-order chi connectivity index (χ1) is 12.6. The molecule has 1 aliphatic heterocycles. The lowest BCUT2D eigenvalue weighted by Gasteiger charge is -2.29. The van der Waals surface area contributed by atoms with Crippen LogP contribution in [0.5, 0.6) is 11.5 Å². The molecule has 27 heavy (non-hydrogen) atoms. The predicted molar refractivity (Wildman–Crippen MR) is 123 cm³/mol. The minimum atomic E-state index is 0. The second kappa shape index (κ2) is 12.3. The predicted octanol–water partition coefficient (Wildman–Crippen LogP) is 3.28. The molecule has 2 N–H and O–H groups in total. The van der Waals surface area contributed by atoms with Crippen molar-refractivity contribution in [2.45, 2.75) is 32.7 Å². The first kappa shape index (κ1) is 23.8. The van der Waals surface area contributed by atoms with Gasteiger partial charge in [-0.25, -0.2) is 0 Å². The van der Waals surface area contributed by atoms with E-state index in [0.717, 1.165) is 42.7 Å². The second-order valence-electron chi connectivity index (χ2n) is 6.96. The van der Waals surface area contributed by atoms with Crippen LogP contribution in [-0.2, 0) is 0 Å². The van der Waals surface area contributed by atoms with Gasteiger partial charge in [0, 0.05) is 25.2 Å². The van der Waals surface area contributed by atoms with Gasteiger partial charge >= 0.3 is 0 Å². The van der Waals surface area contributed by atoms with Gasteiger partial charge in [-0.15, -0.1) is 24.0 Å². The number of hydrogen-bond acceptors (Lipinski definition) is 4. The van der Waals surface area contributed by atoms with Crippen molar-refractivity contribution in [2.75, 3.05) is 47.4 Å². The van der Waals surface area contributed by atoms with Crippen LogP contribution in [0.15, 0.2) is 23.2 Å². The molecule has 6 nitrogen and oxygen atoms in total. The number of nitrogens with one attached hydrogen (secondary N) is 2. The molecule has 0 aliphatic carbocycles. The first-order valence-corrected chi connectivity index (χ1v) is 9.52. The van der Waals surface area contributed by atoms with E-state index in [4.69, 9.17) is 14.5 Å². The largest absolute Gasteiger partial charge is 0.497 e. The van der Waals surface area contributed by atoms with E-state index in [1.807, 2.05) is 18.2 Å². The summed E-state index contributed by atoms with van der Waals surface area (Å²) in [5.41, 5.74) is 1.05. The number of hydrogen-bond donors (Lipinski definition) is 2. The number of guanidine groups is 1. The zero-order valence-corrected chi connectivity index (χ0v) is 19.6. The molecule has 154 valence electrons. The SMILES string of the molecule is CCNC(=NCC1CCCN(C)C1)NC(C)c1cc(OC)ccc1OC.I. The summed E-state index contributed by atoms with van der Waals surface area (Å²) in [4.78, 5) is 7.23. The van der Waals surface area contributed by atoms with Crippen LogP contribution in [-0.4, -0.2) is 58.3 Å². The lowest BCUT2D eigenvalue weighted by molar-refractivity contribution is 0.214. The maximum Gasteiger partial charge on any atom is 0.191 e. The van der Waals surface area contributed by atoms with Crippen LogP contribution in [0.2, 0.25) is 0 Å². The molecule has 0 saturated carbocycles.